The Morgan fingerprint density at radius 3 is 2.32 bits per heavy atom. The van der Waals surface area contributed by atoms with Crippen LogP contribution in [0, 0.1) is 0 Å². The Labute approximate surface area is 416 Å². The fourth-order valence-electron chi connectivity index (χ4n) is 9.48. The number of carbonyl (C=O) groups excluding carboxylic acids is 5. The molecule has 0 radical (unpaired) electrons. The molecule has 4 aliphatic rings. The van der Waals surface area contributed by atoms with Crippen molar-refractivity contribution >= 4 is 67.9 Å². The molecule has 3 fully saturated rings. The van der Waals surface area contributed by atoms with Gasteiger partial charge >= 0.3 is 0 Å². The number of piperazine rings is 1. The van der Waals surface area contributed by atoms with Gasteiger partial charge in [0.05, 0.1) is 67.9 Å². The Bertz CT molecular complexity index is 2910. The summed E-state index contributed by atoms with van der Waals surface area (Å²) in [6, 6.07) is 12.5. The number of anilines is 3. The van der Waals surface area contributed by atoms with Crippen molar-refractivity contribution in [2.45, 2.75) is 68.6 Å². The first-order valence-corrected chi connectivity index (χ1v) is 25.7. The van der Waals surface area contributed by atoms with Crippen molar-refractivity contribution < 1.29 is 46.6 Å². The molecule has 0 bridgehead atoms. The largest absolute Gasteiger partial charge is 0.382 e. The van der Waals surface area contributed by atoms with Gasteiger partial charge in [-0.25, -0.2) is 18.1 Å². The first-order chi connectivity index (χ1) is 34.8. The Morgan fingerprint density at radius 1 is 0.875 bits per heavy atom. The first kappa shape index (κ1) is 50.2. The smallest absolute Gasteiger partial charge is 0.270 e. The second kappa shape index (κ2) is 22.4. The fourth-order valence-corrected chi connectivity index (χ4v) is 10.9. The molecular formula is C48H59N13O10S. The van der Waals surface area contributed by atoms with E-state index >= 15 is 0 Å². The number of ether oxygens (including phenoxy) is 3. The third kappa shape index (κ3) is 11.2. The van der Waals surface area contributed by atoms with Crippen molar-refractivity contribution in [1.29, 1.82) is 0 Å². The van der Waals surface area contributed by atoms with Crippen LogP contribution in [-0.4, -0.2) is 179 Å². The highest BCUT2D eigenvalue weighted by atomic mass is 32.2. The van der Waals surface area contributed by atoms with E-state index in [4.69, 9.17) is 19.2 Å². The third-order valence-electron chi connectivity index (χ3n) is 13.2. The molecular weight excluding hydrogens is 951 g/mol. The normalized spacial score (nSPS) is 18.0. The summed E-state index contributed by atoms with van der Waals surface area (Å²) in [6.07, 6.45) is 7.89. The van der Waals surface area contributed by atoms with Gasteiger partial charge < -0.3 is 34.3 Å². The first-order valence-electron chi connectivity index (χ1n) is 24.3. The predicted molar refractivity (Wildman–Crippen MR) is 261 cm³/mol. The molecule has 6 heterocycles. The van der Waals surface area contributed by atoms with Crippen molar-refractivity contribution in [1.82, 2.24) is 53.9 Å². The minimum atomic E-state index is -3.73. The summed E-state index contributed by atoms with van der Waals surface area (Å²) in [5.74, 6) is -1.94. The molecule has 382 valence electrons. The summed E-state index contributed by atoms with van der Waals surface area (Å²) in [5.41, 5.74) is 3.57. The number of sulfonamides is 1. The molecule has 5 aromatic rings. The van der Waals surface area contributed by atoms with Crippen molar-refractivity contribution in [2.24, 2.45) is 0 Å². The van der Waals surface area contributed by atoms with Gasteiger partial charge in [0.1, 0.15) is 17.4 Å². The predicted octanol–water partition coefficient (Wildman–Crippen LogP) is 2.65. The lowest BCUT2D eigenvalue weighted by molar-refractivity contribution is -0.136. The van der Waals surface area contributed by atoms with E-state index in [0.29, 0.717) is 114 Å². The summed E-state index contributed by atoms with van der Waals surface area (Å²) in [6.45, 7) is 5.30. The van der Waals surface area contributed by atoms with Crippen LogP contribution in [0.4, 0.5) is 17.3 Å². The Morgan fingerprint density at radius 2 is 1.60 bits per heavy atom. The van der Waals surface area contributed by atoms with Crippen molar-refractivity contribution in [2.75, 3.05) is 97.1 Å². The lowest BCUT2D eigenvalue weighted by atomic mass is 10.0. The second-order valence-electron chi connectivity index (χ2n) is 18.3. The molecule has 2 saturated heterocycles. The van der Waals surface area contributed by atoms with E-state index in [0.717, 1.165) is 41.7 Å². The van der Waals surface area contributed by atoms with Gasteiger partial charge in [0.25, 0.3) is 17.7 Å². The molecule has 0 spiro atoms. The number of hydrogen-bond acceptors (Lipinski definition) is 17. The molecule has 1 saturated carbocycles. The SMILES string of the molecule is CN(C)C(=O)c1cc2cnc(Nc3ccc(S(=O)(=O)N4CCN(Cc5cn(CCOCCOCCOCCNc6cccc7c6C(=O)N(C6CCC(=O)NC6=O)C7=O)nn5)CC4)cc3)nc2n1C1CCCC1. The molecule has 3 N–H and O–H groups in total. The molecule has 3 aromatic heterocycles. The monoisotopic (exact) mass is 1010 g/mol. The van der Waals surface area contributed by atoms with Gasteiger partial charge in [0.15, 0.2) is 0 Å². The van der Waals surface area contributed by atoms with Gasteiger partial charge in [0.2, 0.25) is 27.8 Å². The number of imide groups is 2. The molecule has 3 aliphatic heterocycles. The number of nitrogens with one attached hydrogen (secondary N) is 3. The van der Waals surface area contributed by atoms with E-state index in [1.807, 2.05) is 12.3 Å². The van der Waals surface area contributed by atoms with E-state index in [1.165, 1.54) is 4.31 Å². The van der Waals surface area contributed by atoms with Crippen LogP contribution in [0.5, 0.6) is 0 Å². The summed E-state index contributed by atoms with van der Waals surface area (Å²) in [4.78, 5) is 77.5. The van der Waals surface area contributed by atoms with Crippen LogP contribution in [0.25, 0.3) is 11.0 Å². The number of piperidine rings is 1. The molecule has 23 nitrogen and oxygen atoms in total. The quantitative estimate of drug-likeness (QED) is 0.0665. The molecule has 24 heteroatoms. The Hall–Kier alpha value is -6.70. The second-order valence-corrected chi connectivity index (χ2v) is 20.2. The zero-order chi connectivity index (χ0) is 50.4. The van der Waals surface area contributed by atoms with Crippen molar-refractivity contribution in [3.8, 4) is 0 Å². The molecule has 1 unspecified atom stereocenters. The fraction of sp³-hybridized carbons (Fsp3) is 0.479. The maximum absolute atomic E-state index is 13.7. The van der Waals surface area contributed by atoms with E-state index in [1.54, 1.807) is 72.3 Å². The number of benzene rings is 2. The van der Waals surface area contributed by atoms with Crippen LogP contribution in [0.1, 0.15) is 81.5 Å². The maximum atomic E-state index is 13.7. The van der Waals surface area contributed by atoms with E-state index < -0.39 is 39.7 Å². The van der Waals surface area contributed by atoms with Crippen molar-refractivity contribution in [3.63, 3.8) is 0 Å². The molecule has 2 aromatic carbocycles. The minimum Gasteiger partial charge on any atom is -0.382 e. The van der Waals surface area contributed by atoms with Crippen LogP contribution in [-0.2, 0) is 46.9 Å². The van der Waals surface area contributed by atoms with Crippen LogP contribution in [0.3, 0.4) is 0 Å². The molecule has 5 amide bonds. The van der Waals surface area contributed by atoms with E-state index in [2.05, 4.69) is 40.7 Å². The lowest BCUT2D eigenvalue weighted by Gasteiger charge is -2.33. The number of carbonyl (C=O) groups is 5. The maximum Gasteiger partial charge on any atom is 0.270 e. The number of amides is 5. The van der Waals surface area contributed by atoms with Gasteiger partial charge in [-0.3, -0.25) is 39.1 Å². The standard InChI is InChI=1S/C48H59N13O10S/c1-56(2)46(65)40-28-32-29-50-48(53-43(32)60(40)35-6-3-4-7-35)51-33-10-12-36(13-11-33)72(67,68)59-19-17-57(18-20-59)30-34-31-58(55-54-34)21-23-70-25-27-71-26-24-69-22-16-49-38-9-5-8-37-42(38)47(66)61(45(37)64)39-14-15-41(62)52-44(39)63/h5,8-13,28-29,31,35,39,49H,3-4,6-7,14-27,30H2,1-2H3,(H,50,51,53)(H,52,62,63). The number of fused-ring (bicyclic) bond motifs is 2. The summed E-state index contributed by atoms with van der Waals surface area (Å²) in [5, 5.41) is 17.9. The van der Waals surface area contributed by atoms with Gasteiger partial charge in [-0.05, 0) is 61.7 Å². The van der Waals surface area contributed by atoms with Crippen LogP contribution >= 0.6 is 0 Å². The lowest BCUT2D eigenvalue weighted by Crippen LogP contribution is -2.54. The number of rotatable bonds is 22. The highest BCUT2D eigenvalue weighted by molar-refractivity contribution is 7.89. The zero-order valence-electron chi connectivity index (χ0n) is 40.3. The average Bonchev–Trinajstić information content (AvgIpc) is 4.19. The zero-order valence-corrected chi connectivity index (χ0v) is 41.1. The van der Waals surface area contributed by atoms with Crippen LogP contribution in [0.15, 0.2) is 65.8 Å². The van der Waals surface area contributed by atoms with Gasteiger partial charge in [-0.1, -0.05) is 24.1 Å². The van der Waals surface area contributed by atoms with Gasteiger partial charge in [-0.15, -0.1) is 5.10 Å². The highest BCUT2D eigenvalue weighted by Gasteiger charge is 2.45. The van der Waals surface area contributed by atoms with Crippen molar-refractivity contribution in [3.05, 3.63) is 83.4 Å². The molecule has 72 heavy (non-hydrogen) atoms. The van der Waals surface area contributed by atoms with Gasteiger partial charge in [-0.2, -0.15) is 9.29 Å². The summed E-state index contributed by atoms with van der Waals surface area (Å²) in [7, 11) is -0.248. The Balaban J connectivity index is 0.638. The average molecular weight is 1010 g/mol. The number of aromatic nitrogens is 6. The topological polar surface area (TPSA) is 258 Å². The van der Waals surface area contributed by atoms with Crippen LogP contribution in [0.2, 0.25) is 0 Å². The number of hydrogen-bond donors (Lipinski definition) is 3. The molecule has 1 aliphatic carbocycles. The third-order valence-corrected chi connectivity index (χ3v) is 15.1. The van der Waals surface area contributed by atoms with E-state index in [-0.39, 0.29) is 40.8 Å². The number of nitrogens with zero attached hydrogens (tertiary/aromatic N) is 10. The van der Waals surface area contributed by atoms with Crippen LogP contribution < -0.4 is 16.0 Å². The molecule has 9 rings (SSSR count). The summed E-state index contributed by atoms with van der Waals surface area (Å²) >= 11 is 0. The molecule has 1 atom stereocenters. The van der Waals surface area contributed by atoms with Gasteiger partial charge in [0, 0.05) is 95.0 Å². The highest BCUT2D eigenvalue weighted by Crippen LogP contribution is 2.36. The minimum absolute atomic E-state index is 0.0514. The van der Waals surface area contributed by atoms with E-state index in [9.17, 15) is 32.4 Å². The summed E-state index contributed by atoms with van der Waals surface area (Å²) < 4.78 is 49.6. The Kier molecular flexibility index (Phi) is 15.6.